The molecule has 1 aromatic rings. The first-order chi connectivity index (χ1) is 9.65. The fourth-order valence-electron chi connectivity index (χ4n) is 1.37. The van der Waals surface area contributed by atoms with Crippen LogP contribution >= 0.6 is 11.6 Å². The molecule has 2 N–H and O–H groups in total. The Morgan fingerprint density at radius 2 is 1.90 bits per heavy atom. The van der Waals surface area contributed by atoms with Gasteiger partial charge in [-0.1, -0.05) is 18.5 Å². The third kappa shape index (κ3) is 4.93. The van der Waals surface area contributed by atoms with Gasteiger partial charge < -0.3 is 10.6 Å². The molecular formula is C13H14ClF3N2O2. The first-order valence-electron chi connectivity index (χ1n) is 6.13. The number of benzene rings is 1. The zero-order valence-corrected chi connectivity index (χ0v) is 12.1. The molecule has 0 radical (unpaired) electrons. The normalized spacial score (nSPS) is 12.7. The van der Waals surface area contributed by atoms with E-state index in [2.05, 4.69) is 10.6 Å². The lowest BCUT2D eigenvalue weighted by molar-refractivity contribution is -0.137. The van der Waals surface area contributed by atoms with E-state index in [9.17, 15) is 22.8 Å². The molecule has 8 heteroatoms. The van der Waals surface area contributed by atoms with Gasteiger partial charge in [-0.25, -0.2) is 0 Å². The smallest absolute Gasteiger partial charge is 0.345 e. The van der Waals surface area contributed by atoms with Gasteiger partial charge in [0.05, 0.1) is 16.3 Å². The van der Waals surface area contributed by atoms with Gasteiger partial charge in [-0.2, -0.15) is 13.2 Å². The van der Waals surface area contributed by atoms with Crippen LogP contribution in [0.5, 0.6) is 0 Å². The van der Waals surface area contributed by atoms with Gasteiger partial charge in [0.25, 0.3) is 0 Å². The summed E-state index contributed by atoms with van der Waals surface area (Å²) in [6.07, 6.45) is -3.95. The second kappa shape index (κ2) is 6.80. The maximum absolute atomic E-state index is 12.6. The summed E-state index contributed by atoms with van der Waals surface area (Å²) in [4.78, 5) is 23.1. The summed E-state index contributed by atoms with van der Waals surface area (Å²) >= 11 is 5.71. The topological polar surface area (TPSA) is 58.2 Å². The highest BCUT2D eigenvalue weighted by atomic mass is 35.5. The molecule has 0 fully saturated rings. The molecule has 0 heterocycles. The van der Waals surface area contributed by atoms with Crippen LogP contribution in [-0.2, 0) is 15.8 Å². The SMILES string of the molecule is CCC(C)NC(=O)C(=O)Nc1cc(C(F)(F)F)ccc1Cl. The van der Waals surface area contributed by atoms with E-state index in [1.165, 1.54) is 0 Å². The second-order valence-corrected chi connectivity index (χ2v) is 4.84. The maximum atomic E-state index is 12.6. The van der Waals surface area contributed by atoms with Crippen molar-refractivity contribution in [1.82, 2.24) is 5.32 Å². The molecule has 4 nitrogen and oxygen atoms in total. The van der Waals surface area contributed by atoms with Crippen LogP contribution in [0, 0.1) is 0 Å². The van der Waals surface area contributed by atoms with Crippen molar-refractivity contribution in [2.45, 2.75) is 32.5 Å². The van der Waals surface area contributed by atoms with Crippen LogP contribution in [0.3, 0.4) is 0 Å². The minimum atomic E-state index is -4.57. The molecule has 1 unspecified atom stereocenters. The number of rotatable bonds is 3. The van der Waals surface area contributed by atoms with Gasteiger partial charge in [0, 0.05) is 6.04 Å². The van der Waals surface area contributed by atoms with Crippen LogP contribution in [0.1, 0.15) is 25.8 Å². The number of carbonyl (C=O) groups is 2. The molecule has 21 heavy (non-hydrogen) atoms. The fourth-order valence-corrected chi connectivity index (χ4v) is 1.53. The van der Waals surface area contributed by atoms with E-state index in [-0.39, 0.29) is 16.8 Å². The summed E-state index contributed by atoms with van der Waals surface area (Å²) < 4.78 is 37.7. The van der Waals surface area contributed by atoms with Gasteiger partial charge in [-0.15, -0.1) is 0 Å². The number of carbonyl (C=O) groups excluding carboxylic acids is 2. The number of halogens is 4. The fraction of sp³-hybridized carbons (Fsp3) is 0.385. The Labute approximate surface area is 124 Å². The zero-order chi connectivity index (χ0) is 16.2. The number of amides is 2. The lowest BCUT2D eigenvalue weighted by Gasteiger charge is -2.13. The van der Waals surface area contributed by atoms with E-state index in [4.69, 9.17) is 11.6 Å². The molecule has 0 aliphatic rings. The highest BCUT2D eigenvalue weighted by molar-refractivity contribution is 6.41. The molecule has 0 aliphatic heterocycles. The average Bonchev–Trinajstić information content (AvgIpc) is 2.39. The summed E-state index contributed by atoms with van der Waals surface area (Å²) in [5, 5.41) is 4.38. The van der Waals surface area contributed by atoms with Crippen molar-refractivity contribution in [3.8, 4) is 0 Å². The van der Waals surface area contributed by atoms with Gasteiger partial charge in [0.1, 0.15) is 0 Å². The standard InChI is InChI=1S/C13H14ClF3N2O2/c1-3-7(2)18-11(20)12(21)19-10-6-8(13(15,16)17)4-5-9(10)14/h4-7H,3H2,1-2H3,(H,18,20)(H,19,21). The molecule has 0 saturated heterocycles. The van der Waals surface area contributed by atoms with E-state index < -0.39 is 23.6 Å². The summed E-state index contributed by atoms with van der Waals surface area (Å²) in [6.45, 7) is 3.51. The summed E-state index contributed by atoms with van der Waals surface area (Å²) in [7, 11) is 0. The van der Waals surface area contributed by atoms with E-state index in [0.717, 1.165) is 12.1 Å². The van der Waals surface area contributed by atoms with E-state index in [1.807, 2.05) is 6.92 Å². The van der Waals surface area contributed by atoms with Gasteiger partial charge in [0.2, 0.25) is 0 Å². The summed E-state index contributed by atoms with van der Waals surface area (Å²) in [6, 6.07) is 2.25. The monoisotopic (exact) mass is 322 g/mol. The number of alkyl halides is 3. The van der Waals surface area contributed by atoms with Gasteiger partial charge in [0.15, 0.2) is 0 Å². The minimum Gasteiger partial charge on any atom is -0.345 e. The van der Waals surface area contributed by atoms with Gasteiger partial charge in [-0.3, -0.25) is 9.59 Å². The van der Waals surface area contributed by atoms with Crippen LogP contribution in [0.15, 0.2) is 18.2 Å². The first kappa shape index (κ1) is 17.3. The van der Waals surface area contributed by atoms with Crippen molar-refractivity contribution in [2.75, 3.05) is 5.32 Å². The lowest BCUT2D eigenvalue weighted by atomic mass is 10.2. The van der Waals surface area contributed by atoms with Gasteiger partial charge in [-0.05, 0) is 31.5 Å². The van der Waals surface area contributed by atoms with Crippen molar-refractivity contribution < 1.29 is 22.8 Å². The van der Waals surface area contributed by atoms with E-state index in [0.29, 0.717) is 12.5 Å². The molecule has 2 amide bonds. The number of hydrogen-bond donors (Lipinski definition) is 2. The lowest BCUT2D eigenvalue weighted by Crippen LogP contribution is -2.40. The van der Waals surface area contributed by atoms with Crippen molar-refractivity contribution >= 4 is 29.1 Å². The predicted octanol–water partition coefficient (Wildman–Crippen LogP) is 3.21. The van der Waals surface area contributed by atoms with E-state index in [1.54, 1.807) is 6.92 Å². The van der Waals surface area contributed by atoms with Gasteiger partial charge >= 0.3 is 18.0 Å². The van der Waals surface area contributed by atoms with Crippen molar-refractivity contribution in [3.05, 3.63) is 28.8 Å². The Hall–Kier alpha value is -1.76. The van der Waals surface area contributed by atoms with Crippen LogP contribution in [-0.4, -0.2) is 17.9 Å². The summed E-state index contributed by atoms with van der Waals surface area (Å²) in [5.41, 5.74) is -1.24. The molecule has 1 aromatic carbocycles. The molecule has 0 bridgehead atoms. The number of anilines is 1. The minimum absolute atomic E-state index is 0.0901. The average molecular weight is 323 g/mol. The Balaban J connectivity index is 2.87. The molecule has 1 rings (SSSR count). The molecule has 116 valence electrons. The van der Waals surface area contributed by atoms with Crippen LogP contribution in [0.2, 0.25) is 5.02 Å². The molecule has 0 spiro atoms. The molecule has 0 aliphatic carbocycles. The highest BCUT2D eigenvalue weighted by Crippen LogP contribution is 2.33. The van der Waals surface area contributed by atoms with Crippen molar-refractivity contribution in [2.24, 2.45) is 0 Å². The Kier molecular flexibility index (Phi) is 5.60. The molecule has 0 aromatic heterocycles. The van der Waals surface area contributed by atoms with Crippen LogP contribution in [0.4, 0.5) is 18.9 Å². The second-order valence-electron chi connectivity index (χ2n) is 4.43. The predicted molar refractivity (Wildman–Crippen MR) is 73.0 cm³/mol. The van der Waals surface area contributed by atoms with E-state index >= 15 is 0 Å². The zero-order valence-electron chi connectivity index (χ0n) is 11.3. The van der Waals surface area contributed by atoms with Crippen LogP contribution < -0.4 is 10.6 Å². The molecule has 0 saturated carbocycles. The third-order valence-corrected chi connectivity index (χ3v) is 3.07. The first-order valence-corrected chi connectivity index (χ1v) is 6.51. The highest BCUT2D eigenvalue weighted by Gasteiger charge is 2.31. The summed E-state index contributed by atoms with van der Waals surface area (Å²) in [5.74, 6) is -2.01. The quantitative estimate of drug-likeness (QED) is 0.840. The Bertz CT molecular complexity index is 547. The molecular weight excluding hydrogens is 309 g/mol. The third-order valence-electron chi connectivity index (χ3n) is 2.74. The number of hydrogen-bond acceptors (Lipinski definition) is 2. The Morgan fingerprint density at radius 1 is 1.29 bits per heavy atom. The van der Waals surface area contributed by atoms with Crippen molar-refractivity contribution in [1.29, 1.82) is 0 Å². The molecule has 1 atom stereocenters. The maximum Gasteiger partial charge on any atom is 0.416 e. The Morgan fingerprint density at radius 3 is 2.43 bits per heavy atom. The van der Waals surface area contributed by atoms with Crippen LogP contribution in [0.25, 0.3) is 0 Å². The largest absolute Gasteiger partial charge is 0.416 e. The van der Waals surface area contributed by atoms with Crippen molar-refractivity contribution in [3.63, 3.8) is 0 Å². The number of nitrogens with one attached hydrogen (secondary N) is 2.